The van der Waals surface area contributed by atoms with Gasteiger partial charge in [-0.2, -0.15) is 0 Å². The summed E-state index contributed by atoms with van der Waals surface area (Å²) in [5.41, 5.74) is 0.675. The smallest absolute Gasteiger partial charge is 0.228 e. The number of hydrogen-bond donors (Lipinski definition) is 0. The third-order valence-corrected chi connectivity index (χ3v) is 3.51. The van der Waals surface area contributed by atoms with Crippen molar-refractivity contribution in [2.75, 3.05) is 26.3 Å². The molecule has 2 aliphatic rings. The van der Waals surface area contributed by atoms with E-state index < -0.39 is 5.79 Å². The van der Waals surface area contributed by atoms with E-state index >= 15 is 0 Å². The number of likely N-dealkylation sites (tertiary alicyclic amines) is 1. The van der Waals surface area contributed by atoms with Crippen LogP contribution in [-0.4, -0.2) is 47.9 Å². The van der Waals surface area contributed by atoms with Crippen molar-refractivity contribution >= 4 is 5.91 Å². The molecule has 3 heterocycles. The van der Waals surface area contributed by atoms with Crippen LogP contribution in [0.2, 0.25) is 0 Å². The van der Waals surface area contributed by atoms with Gasteiger partial charge in [0.15, 0.2) is 12.2 Å². The van der Waals surface area contributed by atoms with E-state index in [4.69, 9.17) is 13.9 Å². The van der Waals surface area contributed by atoms with Crippen molar-refractivity contribution in [2.24, 2.45) is 0 Å². The van der Waals surface area contributed by atoms with Crippen LogP contribution in [0.25, 0.3) is 0 Å². The van der Waals surface area contributed by atoms with E-state index in [0.29, 0.717) is 38.4 Å². The fourth-order valence-electron chi connectivity index (χ4n) is 2.47. The highest BCUT2D eigenvalue weighted by Crippen LogP contribution is 2.31. The Hall–Kier alpha value is -1.40. The van der Waals surface area contributed by atoms with Crippen LogP contribution in [0, 0.1) is 0 Å². The van der Waals surface area contributed by atoms with E-state index in [1.54, 1.807) is 0 Å². The summed E-state index contributed by atoms with van der Waals surface area (Å²) in [6.45, 7) is 2.67. The van der Waals surface area contributed by atoms with Crippen LogP contribution >= 0.6 is 0 Å². The average molecular weight is 252 g/mol. The van der Waals surface area contributed by atoms with Crippen molar-refractivity contribution in [1.82, 2.24) is 9.88 Å². The van der Waals surface area contributed by atoms with Crippen molar-refractivity contribution in [2.45, 2.75) is 25.0 Å². The molecule has 6 heteroatoms. The lowest BCUT2D eigenvalue weighted by molar-refractivity contribution is -0.187. The van der Waals surface area contributed by atoms with Gasteiger partial charge >= 0.3 is 0 Å². The molecule has 0 bridgehead atoms. The predicted octanol–water partition coefficient (Wildman–Crippen LogP) is 0.583. The van der Waals surface area contributed by atoms with Gasteiger partial charge < -0.3 is 18.8 Å². The highest BCUT2D eigenvalue weighted by molar-refractivity contribution is 5.78. The fraction of sp³-hybridized carbons (Fsp3) is 0.667. The van der Waals surface area contributed by atoms with Crippen LogP contribution < -0.4 is 0 Å². The second-order valence-corrected chi connectivity index (χ2v) is 4.64. The Kier molecular flexibility index (Phi) is 3.05. The summed E-state index contributed by atoms with van der Waals surface area (Å²) in [7, 11) is 0. The van der Waals surface area contributed by atoms with Gasteiger partial charge in [-0.3, -0.25) is 4.79 Å². The summed E-state index contributed by atoms with van der Waals surface area (Å²) in [5.74, 6) is -0.346. The second kappa shape index (κ2) is 4.70. The van der Waals surface area contributed by atoms with E-state index in [1.807, 2.05) is 4.90 Å². The minimum atomic E-state index is -0.426. The molecule has 0 aromatic carbocycles. The Morgan fingerprint density at radius 3 is 2.67 bits per heavy atom. The van der Waals surface area contributed by atoms with Gasteiger partial charge in [0.2, 0.25) is 5.91 Å². The predicted molar refractivity (Wildman–Crippen MR) is 60.7 cm³/mol. The first-order valence-corrected chi connectivity index (χ1v) is 6.20. The Labute approximate surface area is 105 Å². The number of amides is 1. The normalized spacial score (nSPS) is 22.6. The third kappa shape index (κ3) is 2.26. The molecule has 3 rings (SSSR count). The molecule has 1 aromatic heterocycles. The van der Waals surface area contributed by atoms with Crippen molar-refractivity contribution in [3.05, 3.63) is 18.4 Å². The molecular weight excluding hydrogens is 236 g/mol. The fourth-order valence-corrected chi connectivity index (χ4v) is 2.47. The maximum absolute atomic E-state index is 12.0. The molecule has 1 spiro atoms. The molecule has 0 atom stereocenters. The molecule has 18 heavy (non-hydrogen) atoms. The topological polar surface area (TPSA) is 64.8 Å². The molecule has 0 unspecified atom stereocenters. The molecule has 0 aliphatic carbocycles. The SMILES string of the molecule is O=C(Cc1cocn1)N1CCC2(CC1)OCCO2. The van der Waals surface area contributed by atoms with E-state index in [2.05, 4.69) is 4.98 Å². The number of rotatable bonds is 2. The van der Waals surface area contributed by atoms with Crippen LogP contribution in [0.4, 0.5) is 0 Å². The van der Waals surface area contributed by atoms with Crippen molar-refractivity contribution in [3.8, 4) is 0 Å². The van der Waals surface area contributed by atoms with E-state index in [0.717, 1.165) is 12.8 Å². The molecule has 1 aromatic rings. The highest BCUT2D eigenvalue weighted by atomic mass is 16.7. The van der Waals surface area contributed by atoms with Crippen LogP contribution in [0.1, 0.15) is 18.5 Å². The molecule has 2 saturated heterocycles. The van der Waals surface area contributed by atoms with E-state index in [-0.39, 0.29) is 5.91 Å². The Bertz CT molecular complexity index is 402. The zero-order chi connectivity index (χ0) is 12.4. The number of nitrogens with zero attached hydrogens (tertiary/aromatic N) is 2. The monoisotopic (exact) mass is 252 g/mol. The molecule has 0 N–H and O–H groups in total. The molecule has 2 aliphatic heterocycles. The lowest BCUT2D eigenvalue weighted by Crippen LogP contribution is -2.47. The van der Waals surface area contributed by atoms with Crippen molar-refractivity contribution < 1.29 is 18.7 Å². The van der Waals surface area contributed by atoms with Crippen LogP contribution in [0.15, 0.2) is 17.1 Å². The minimum Gasteiger partial charge on any atom is -0.451 e. The Balaban J connectivity index is 1.54. The average Bonchev–Trinajstić information content (AvgIpc) is 3.03. The number of hydrogen-bond acceptors (Lipinski definition) is 5. The van der Waals surface area contributed by atoms with E-state index in [9.17, 15) is 4.79 Å². The molecule has 1 amide bonds. The molecule has 0 radical (unpaired) electrons. The number of ether oxygens (including phenoxy) is 2. The Morgan fingerprint density at radius 2 is 2.06 bits per heavy atom. The first kappa shape index (κ1) is 11.7. The number of aromatic nitrogens is 1. The number of oxazole rings is 1. The zero-order valence-corrected chi connectivity index (χ0v) is 10.1. The van der Waals surface area contributed by atoms with Crippen molar-refractivity contribution in [1.29, 1.82) is 0 Å². The Morgan fingerprint density at radius 1 is 1.33 bits per heavy atom. The van der Waals surface area contributed by atoms with Gasteiger partial charge in [-0.05, 0) is 0 Å². The van der Waals surface area contributed by atoms with Crippen LogP contribution in [0.5, 0.6) is 0 Å². The first-order chi connectivity index (χ1) is 8.77. The number of piperidine rings is 1. The van der Waals surface area contributed by atoms with Gasteiger partial charge in [-0.1, -0.05) is 0 Å². The zero-order valence-electron chi connectivity index (χ0n) is 10.1. The highest BCUT2D eigenvalue weighted by Gasteiger charge is 2.40. The minimum absolute atomic E-state index is 0.0803. The van der Waals surface area contributed by atoms with Gasteiger partial charge in [0.05, 0.1) is 25.3 Å². The number of carbonyl (C=O) groups excluding carboxylic acids is 1. The van der Waals surface area contributed by atoms with Gasteiger partial charge in [0.1, 0.15) is 6.26 Å². The van der Waals surface area contributed by atoms with Gasteiger partial charge in [-0.25, -0.2) is 4.98 Å². The van der Waals surface area contributed by atoms with Crippen LogP contribution in [0.3, 0.4) is 0 Å². The quantitative estimate of drug-likeness (QED) is 0.770. The molecular formula is C12H16N2O4. The summed E-state index contributed by atoms with van der Waals surface area (Å²) < 4.78 is 16.1. The third-order valence-electron chi connectivity index (χ3n) is 3.51. The van der Waals surface area contributed by atoms with Gasteiger partial charge in [-0.15, -0.1) is 0 Å². The van der Waals surface area contributed by atoms with E-state index in [1.165, 1.54) is 12.7 Å². The number of carbonyl (C=O) groups is 1. The lowest BCUT2D eigenvalue weighted by Gasteiger charge is -2.37. The molecule has 2 fully saturated rings. The van der Waals surface area contributed by atoms with Crippen LogP contribution in [-0.2, 0) is 20.7 Å². The largest absolute Gasteiger partial charge is 0.451 e. The molecule has 0 saturated carbocycles. The summed E-state index contributed by atoms with van der Waals surface area (Å²) in [6, 6.07) is 0. The van der Waals surface area contributed by atoms with Crippen molar-refractivity contribution in [3.63, 3.8) is 0 Å². The summed E-state index contributed by atoms with van der Waals surface area (Å²) in [5, 5.41) is 0. The second-order valence-electron chi connectivity index (χ2n) is 4.64. The molecule has 6 nitrogen and oxygen atoms in total. The maximum Gasteiger partial charge on any atom is 0.228 e. The summed E-state index contributed by atoms with van der Waals surface area (Å²) in [4.78, 5) is 17.8. The standard InChI is InChI=1S/C12H16N2O4/c15-11(7-10-8-16-9-13-10)14-3-1-12(2-4-14)17-5-6-18-12/h8-9H,1-7H2. The summed E-state index contributed by atoms with van der Waals surface area (Å²) >= 11 is 0. The maximum atomic E-state index is 12.0. The van der Waals surface area contributed by atoms with Gasteiger partial charge in [0, 0.05) is 25.9 Å². The summed E-state index contributed by atoms with van der Waals surface area (Å²) in [6.07, 6.45) is 4.64. The van der Waals surface area contributed by atoms with Gasteiger partial charge in [0.25, 0.3) is 0 Å². The first-order valence-electron chi connectivity index (χ1n) is 6.20. The lowest BCUT2D eigenvalue weighted by atomic mass is 10.0. The molecule has 98 valence electrons.